The molecule has 1 aliphatic heterocycles. The highest BCUT2D eigenvalue weighted by molar-refractivity contribution is 6.37. The summed E-state index contributed by atoms with van der Waals surface area (Å²) >= 11 is 0. The zero-order valence-electron chi connectivity index (χ0n) is 28.1. The number of nitrogens with zero attached hydrogens (tertiary/aromatic N) is 1. The van der Waals surface area contributed by atoms with Crippen molar-refractivity contribution in [1.82, 2.24) is 26.2 Å². The summed E-state index contributed by atoms with van der Waals surface area (Å²) in [6, 6.07) is -3.70. The number of esters is 1. The molecule has 2 rings (SSSR count). The quantitative estimate of drug-likeness (QED) is 0.166. The van der Waals surface area contributed by atoms with Crippen molar-refractivity contribution in [2.24, 2.45) is 22.7 Å². The Balaban J connectivity index is 2.28. The Morgan fingerprint density at radius 3 is 1.93 bits per heavy atom. The summed E-state index contributed by atoms with van der Waals surface area (Å²) in [5.74, 6) is -3.53. The molecule has 246 valence electrons. The van der Waals surface area contributed by atoms with Gasteiger partial charge in [0.25, 0.3) is 5.91 Å². The fourth-order valence-electron chi connectivity index (χ4n) is 5.42. The Labute approximate surface area is 261 Å². The molecule has 0 radical (unpaired) electrons. The Hall–Kier alpha value is -3.70. The minimum atomic E-state index is -1.06. The van der Waals surface area contributed by atoms with Gasteiger partial charge in [-0.1, -0.05) is 58.8 Å². The van der Waals surface area contributed by atoms with Gasteiger partial charge in [0.2, 0.25) is 17.6 Å². The first-order valence-electron chi connectivity index (χ1n) is 15.0. The van der Waals surface area contributed by atoms with E-state index >= 15 is 0 Å². The van der Waals surface area contributed by atoms with E-state index in [4.69, 9.17) is 4.74 Å². The zero-order chi connectivity index (χ0) is 33.9. The zero-order valence-corrected chi connectivity index (χ0v) is 28.1. The van der Waals surface area contributed by atoms with Crippen molar-refractivity contribution in [3.05, 3.63) is 23.8 Å². The number of carbonyl (C=O) groups excluding carboxylic acids is 6. The monoisotopic (exact) mass is 617 g/mol. The van der Waals surface area contributed by atoms with Crippen LogP contribution < -0.4 is 21.3 Å². The predicted octanol–water partition coefficient (Wildman–Crippen LogP) is 2.24. The van der Waals surface area contributed by atoms with Crippen LogP contribution in [-0.4, -0.2) is 83.8 Å². The maximum atomic E-state index is 14.1. The lowest BCUT2D eigenvalue weighted by molar-refractivity contribution is -0.160. The summed E-state index contributed by atoms with van der Waals surface area (Å²) in [7, 11) is 0. The summed E-state index contributed by atoms with van der Waals surface area (Å²) in [4.78, 5) is 79.5. The van der Waals surface area contributed by atoms with Gasteiger partial charge in [-0.05, 0) is 45.4 Å². The molecule has 5 atom stereocenters. The van der Waals surface area contributed by atoms with Gasteiger partial charge in [0.1, 0.15) is 23.7 Å². The molecule has 2 fully saturated rings. The second kappa shape index (κ2) is 13.5. The predicted molar refractivity (Wildman–Crippen MR) is 166 cm³/mol. The number of carbonyl (C=O) groups is 6. The lowest BCUT2D eigenvalue weighted by atomic mass is 9.85. The molecule has 0 spiro atoms. The minimum Gasteiger partial charge on any atom is -0.458 e. The van der Waals surface area contributed by atoms with E-state index in [0.29, 0.717) is 0 Å². The summed E-state index contributed by atoms with van der Waals surface area (Å²) in [6.07, 6.45) is 1.43. The van der Waals surface area contributed by atoms with Crippen LogP contribution in [0.15, 0.2) is 23.8 Å². The van der Waals surface area contributed by atoms with Gasteiger partial charge < -0.3 is 30.9 Å². The van der Waals surface area contributed by atoms with Crippen LogP contribution in [0.3, 0.4) is 0 Å². The number of Topliss-reactive ketones (excluding diaryl/α,β-unsaturated/α-hetero) is 1. The number of ether oxygens (including phenoxy) is 1. The number of nitrogens with one attached hydrogen (secondary N) is 4. The molecule has 0 unspecified atom stereocenters. The Morgan fingerprint density at radius 2 is 1.45 bits per heavy atom. The van der Waals surface area contributed by atoms with Gasteiger partial charge in [-0.25, -0.2) is 9.59 Å². The fraction of sp³-hybridized carbons (Fsp3) is 0.688. The van der Waals surface area contributed by atoms with Gasteiger partial charge in [0.15, 0.2) is 0 Å². The van der Waals surface area contributed by atoms with Crippen molar-refractivity contribution in [1.29, 1.82) is 0 Å². The summed E-state index contributed by atoms with van der Waals surface area (Å²) < 4.78 is 5.53. The number of ketones is 1. The van der Waals surface area contributed by atoms with Crippen LogP contribution in [0.2, 0.25) is 0 Å². The Bertz CT molecular complexity index is 1210. The van der Waals surface area contributed by atoms with E-state index in [1.807, 2.05) is 13.8 Å². The number of urea groups is 1. The van der Waals surface area contributed by atoms with Crippen LogP contribution in [0.4, 0.5) is 4.79 Å². The smallest absolute Gasteiger partial charge is 0.329 e. The second-order valence-corrected chi connectivity index (χ2v) is 14.9. The van der Waals surface area contributed by atoms with E-state index in [-0.39, 0.29) is 24.9 Å². The largest absolute Gasteiger partial charge is 0.458 e. The van der Waals surface area contributed by atoms with E-state index in [1.54, 1.807) is 62.3 Å². The molecule has 2 aliphatic rings. The molecule has 1 heterocycles. The molecular formula is C32H51N5O7. The summed E-state index contributed by atoms with van der Waals surface area (Å²) in [6.45, 7) is 23.2. The van der Waals surface area contributed by atoms with Crippen LogP contribution in [-0.2, 0) is 28.7 Å². The van der Waals surface area contributed by atoms with E-state index in [1.165, 1.54) is 11.0 Å². The Kier molecular flexibility index (Phi) is 11.2. The number of hydrogen-bond donors (Lipinski definition) is 4. The molecule has 0 aromatic rings. The number of fused-ring (bicyclic) bond motifs is 1. The van der Waals surface area contributed by atoms with Crippen molar-refractivity contribution in [2.75, 3.05) is 19.6 Å². The van der Waals surface area contributed by atoms with Gasteiger partial charge in [-0.15, -0.1) is 6.58 Å². The van der Waals surface area contributed by atoms with Gasteiger partial charge in [-0.2, -0.15) is 0 Å². The topological polar surface area (TPSA) is 163 Å². The molecule has 0 aromatic carbocycles. The second-order valence-electron chi connectivity index (χ2n) is 14.9. The van der Waals surface area contributed by atoms with Crippen molar-refractivity contribution in [3.63, 3.8) is 0 Å². The molecule has 1 saturated heterocycles. The highest BCUT2D eigenvalue weighted by Crippen LogP contribution is 2.56. The van der Waals surface area contributed by atoms with Crippen molar-refractivity contribution in [2.45, 2.75) is 99.9 Å². The number of likely N-dealkylation sites (tertiary alicyclic amines) is 1. The van der Waals surface area contributed by atoms with Gasteiger partial charge in [-0.3, -0.25) is 19.2 Å². The number of piperidine rings is 1. The Morgan fingerprint density at radius 1 is 0.909 bits per heavy atom. The van der Waals surface area contributed by atoms with Crippen LogP contribution in [0.5, 0.6) is 0 Å². The van der Waals surface area contributed by atoms with Crippen molar-refractivity contribution < 1.29 is 33.5 Å². The fourth-order valence-corrected chi connectivity index (χ4v) is 5.42. The third-order valence-electron chi connectivity index (χ3n) is 7.54. The lowest BCUT2D eigenvalue weighted by Crippen LogP contribution is -2.62. The summed E-state index contributed by atoms with van der Waals surface area (Å²) in [5, 5.41) is 10.4. The maximum absolute atomic E-state index is 14.1. The van der Waals surface area contributed by atoms with E-state index in [0.717, 1.165) is 11.1 Å². The molecule has 1 aliphatic carbocycles. The molecular weight excluding hydrogens is 566 g/mol. The number of amides is 5. The van der Waals surface area contributed by atoms with Crippen LogP contribution in [0.25, 0.3) is 0 Å². The maximum Gasteiger partial charge on any atom is 0.329 e. The van der Waals surface area contributed by atoms with Gasteiger partial charge in [0, 0.05) is 24.9 Å². The van der Waals surface area contributed by atoms with Crippen LogP contribution in [0, 0.1) is 22.7 Å². The standard InChI is InChI=1S/C32H51N5O7/c1-13-14-33-25(39)19(38)15-34-26(40)22-21-18(20(21)17(2)3)16-37(22)27(41)23(30(4,5)6)35-29(43)36-24(31(7,8)9)28(42)44-32(10,11)12/h13,18,21-24H,1,14-16H2,2-12H3,(H,33,39)(H,34,40)(H2,35,36,43)/t18-,21-,22+,23-,24-/m1/s1. The van der Waals surface area contributed by atoms with Crippen LogP contribution >= 0.6 is 0 Å². The molecule has 12 heteroatoms. The molecule has 44 heavy (non-hydrogen) atoms. The van der Waals surface area contributed by atoms with E-state index < -0.39 is 76.6 Å². The average molecular weight is 618 g/mol. The number of hydrogen-bond acceptors (Lipinski definition) is 7. The number of allylic oxidation sites excluding steroid dienone is 1. The minimum absolute atomic E-state index is 0.0156. The number of rotatable bonds is 10. The normalized spacial score (nSPS) is 20.8. The highest BCUT2D eigenvalue weighted by Gasteiger charge is 2.62. The van der Waals surface area contributed by atoms with Crippen molar-refractivity contribution >= 4 is 35.5 Å². The van der Waals surface area contributed by atoms with Crippen LogP contribution in [0.1, 0.15) is 76.2 Å². The van der Waals surface area contributed by atoms with E-state index in [9.17, 15) is 28.8 Å². The third-order valence-corrected chi connectivity index (χ3v) is 7.54. The average Bonchev–Trinajstić information content (AvgIpc) is 3.44. The van der Waals surface area contributed by atoms with Crippen molar-refractivity contribution in [3.8, 4) is 0 Å². The highest BCUT2D eigenvalue weighted by atomic mass is 16.6. The first-order chi connectivity index (χ1) is 20.0. The summed E-state index contributed by atoms with van der Waals surface area (Å²) in [5.41, 5.74) is -0.0815. The lowest BCUT2D eigenvalue weighted by Gasteiger charge is -2.37. The van der Waals surface area contributed by atoms with Gasteiger partial charge >= 0.3 is 12.0 Å². The molecule has 5 amide bonds. The first-order valence-corrected chi connectivity index (χ1v) is 15.0. The van der Waals surface area contributed by atoms with Gasteiger partial charge in [0.05, 0.1) is 6.54 Å². The van der Waals surface area contributed by atoms with E-state index in [2.05, 4.69) is 27.8 Å². The SMILES string of the molecule is C=CCNC(=O)C(=O)CNC(=O)[C@@H]1[C@H]2C(=C(C)C)[C@H]2CN1C(=O)[C@@H](NC(=O)N[C@H](C(=O)OC(C)(C)C)C(C)(C)C)C(C)(C)C. The molecule has 12 nitrogen and oxygen atoms in total. The first kappa shape index (κ1) is 36.5. The molecule has 0 aromatic heterocycles. The molecule has 0 bridgehead atoms. The molecule has 4 N–H and O–H groups in total. The molecule has 1 saturated carbocycles. The third kappa shape index (κ3) is 9.15.